The molecule has 6 nitrogen and oxygen atoms in total. The summed E-state index contributed by atoms with van der Waals surface area (Å²) >= 11 is 1.41. The standard InChI is InChI=1S/C28H29N5OS/c1-4-5-6-7-15-25-31-33-26(29)23(27(34)30-28(33)35-25)17-21-16-18(2)32(19(21)3)24-14-10-12-20-11-8-9-13-22(20)24/h8-14,16-17,29H,4-7,15H2,1-3H3. The molecule has 2 aromatic carbocycles. The van der Waals surface area contributed by atoms with Gasteiger partial charge in [0.2, 0.25) is 5.17 Å². The number of amidine groups is 2. The Morgan fingerprint density at radius 3 is 2.69 bits per heavy atom. The third-order valence-corrected chi connectivity index (χ3v) is 7.49. The van der Waals surface area contributed by atoms with Gasteiger partial charge in [0.1, 0.15) is 5.04 Å². The molecule has 35 heavy (non-hydrogen) atoms. The average molecular weight is 484 g/mol. The van der Waals surface area contributed by atoms with Gasteiger partial charge in [0.25, 0.3) is 5.91 Å². The minimum absolute atomic E-state index is 0.0889. The molecule has 3 heterocycles. The highest BCUT2D eigenvalue weighted by molar-refractivity contribution is 8.26. The molecule has 1 amide bonds. The highest BCUT2D eigenvalue weighted by Gasteiger charge is 2.35. The Bertz CT molecular complexity index is 1420. The van der Waals surface area contributed by atoms with Crippen molar-refractivity contribution in [2.75, 3.05) is 0 Å². The summed E-state index contributed by atoms with van der Waals surface area (Å²) in [5.74, 6) is -0.294. The van der Waals surface area contributed by atoms with E-state index < -0.39 is 0 Å². The van der Waals surface area contributed by atoms with Crippen LogP contribution >= 0.6 is 11.8 Å². The lowest BCUT2D eigenvalue weighted by molar-refractivity contribution is -0.114. The van der Waals surface area contributed by atoms with Crippen molar-refractivity contribution in [3.8, 4) is 5.69 Å². The number of carbonyl (C=O) groups is 1. The molecule has 0 fully saturated rings. The van der Waals surface area contributed by atoms with E-state index in [1.54, 1.807) is 6.08 Å². The van der Waals surface area contributed by atoms with Crippen molar-refractivity contribution >= 4 is 50.6 Å². The first-order valence-electron chi connectivity index (χ1n) is 12.1. The van der Waals surface area contributed by atoms with Gasteiger partial charge in [-0.2, -0.15) is 15.1 Å². The van der Waals surface area contributed by atoms with Gasteiger partial charge in [0, 0.05) is 16.8 Å². The van der Waals surface area contributed by atoms with E-state index in [1.165, 1.54) is 40.4 Å². The van der Waals surface area contributed by atoms with Crippen molar-refractivity contribution < 1.29 is 4.79 Å². The van der Waals surface area contributed by atoms with E-state index in [0.29, 0.717) is 5.17 Å². The molecule has 0 aliphatic carbocycles. The van der Waals surface area contributed by atoms with Crippen molar-refractivity contribution in [2.24, 2.45) is 10.1 Å². The Morgan fingerprint density at radius 1 is 1.06 bits per heavy atom. The second kappa shape index (κ2) is 9.66. The van der Waals surface area contributed by atoms with Gasteiger partial charge in [-0.3, -0.25) is 10.2 Å². The number of carbonyl (C=O) groups excluding carboxylic acids is 1. The normalized spacial score (nSPS) is 16.8. The van der Waals surface area contributed by atoms with Crippen LogP contribution in [0, 0.1) is 19.3 Å². The van der Waals surface area contributed by atoms with Crippen LogP contribution in [-0.2, 0) is 4.79 Å². The van der Waals surface area contributed by atoms with Crippen molar-refractivity contribution in [3.63, 3.8) is 0 Å². The Hall–Kier alpha value is -3.45. The number of nitrogens with zero attached hydrogens (tertiary/aromatic N) is 4. The number of rotatable bonds is 7. The molecule has 5 rings (SSSR count). The summed E-state index contributed by atoms with van der Waals surface area (Å²) in [6, 6.07) is 16.7. The summed E-state index contributed by atoms with van der Waals surface area (Å²) in [6.45, 7) is 6.30. The maximum absolute atomic E-state index is 12.9. The number of amides is 1. The fourth-order valence-corrected chi connectivity index (χ4v) is 5.63. The molecular weight excluding hydrogens is 454 g/mol. The number of aliphatic imine (C=N–C) groups is 1. The molecule has 2 aliphatic rings. The molecule has 0 saturated carbocycles. The number of aryl methyl sites for hydroxylation is 1. The van der Waals surface area contributed by atoms with Crippen LogP contribution in [0.3, 0.4) is 0 Å². The lowest BCUT2D eigenvalue weighted by Crippen LogP contribution is -2.35. The molecule has 3 aromatic rings. The average Bonchev–Trinajstić information content (AvgIpc) is 3.38. The molecule has 0 unspecified atom stereocenters. The molecule has 0 atom stereocenters. The lowest BCUT2D eigenvalue weighted by atomic mass is 10.1. The van der Waals surface area contributed by atoms with Crippen LogP contribution in [0.25, 0.3) is 22.5 Å². The van der Waals surface area contributed by atoms with Gasteiger partial charge >= 0.3 is 0 Å². The zero-order valence-electron chi connectivity index (χ0n) is 20.3. The number of thioether (sulfide) groups is 1. The topological polar surface area (TPSA) is 73.8 Å². The molecule has 178 valence electrons. The Morgan fingerprint density at radius 2 is 1.86 bits per heavy atom. The zero-order valence-corrected chi connectivity index (χ0v) is 21.2. The summed E-state index contributed by atoms with van der Waals surface area (Å²) in [4.78, 5) is 17.2. The van der Waals surface area contributed by atoms with Crippen LogP contribution < -0.4 is 0 Å². The van der Waals surface area contributed by atoms with Crippen molar-refractivity contribution in [2.45, 2.75) is 52.9 Å². The minimum Gasteiger partial charge on any atom is -0.317 e. The van der Waals surface area contributed by atoms with Gasteiger partial charge in [-0.15, -0.1) is 0 Å². The number of nitrogens with one attached hydrogen (secondary N) is 1. The summed E-state index contributed by atoms with van der Waals surface area (Å²) in [6.07, 6.45) is 7.26. The molecule has 2 aliphatic heterocycles. The van der Waals surface area contributed by atoms with Gasteiger partial charge in [-0.05, 0) is 67.6 Å². The summed E-state index contributed by atoms with van der Waals surface area (Å²) in [5.41, 5.74) is 4.34. The van der Waals surface area contributed by atoms with Crippen molar-refractivity contribution in [1.82, 2.24) is 9.58 Å². The highest BCUT2D eigenvalue weighted by Crippen LogP contribution is 2.32. The van der Waals surface area contributed by atoms with E-state index in [9.17, 15) is 4.79 Å². The van der Waals surface area contributed by atoms with Gasteiger partial charge in [0.15, 0.2) is 5.84 Å². The second-order valence-electron chi connectivity index (χ2n) is 8.98. The van der Waals surface area contributed by atoms with Crippen molar-refractivity contribution in [3.05, 3.63) is 71.1 Å². The Labute approximate surface area is 209 Å². The fourth-order valence-electron chi connectivity index (χ4n) is 4.70. The first-order chi connectivity index (χ1) is 17.0. The number of hydrogen-bond acceptors (Lipinski definition) is 4. The predicted molar refractivity (Wildman–Crippen MR) is 147 cm³/mol. The molecule has 0 spiro atoms. The summed E-state index contributed by atoms with van der Waals surface area (Å²) < 4.78 is 2.21. The largest absolute Gasteiger partial charge is 0.317 e. The zero-order chi connectivity index (χ0) is 24.5. The minimum atomic E-state index is -0.383. The number of fused-ring (bicyclic) bond motifs is 2. The monoisotopic (exact) mass is 483 g/mol. The summed E-state index contributed by atoms with van der Waals surface area (Å²) in [7, 11) is 0. The number of hydrogen-bond donors (Lipinski definition) is 1. The van der Waals surface area contributed by atoms with E-state index in [0.717, 1.165) is 46.9 Å². The van der Waals surface area contributed by atoms with Crippen LogP contribution in [0.2, 0.25) is 0 Å². The maximum Gasteiger partial charge on any atom is 0.283 e. The van der Waals surface area contributed by atoms with Crippen molar-refractivity contribution in [1.29, 1.82) is 5.41 Å². The highest BCUT2D eigenvalue weighted by atomic mass is 32.2. The van der Waals surface area contributed by atoms with Crippen LogP contribution in [0.1, 0.15) is 56.0 Å². The quantitative estimate of drug-likeness (QED) is 0.295. The van der Waals surface area contributed by atoms with Crippen LogP contribution in [0.4, 0.5) is 0 Å². The third kappa shape index (κ3) is 4.36. The number of benzene rings is 2. The van der Waals surface area contributed by atoms with E-state index in [4.69, 9.17) is 5.41 Å². The first kappa shape index (κ1) is 23.3. The third-order valence-electron chi connectivity index (χ3n) is 6.52. The van der Waals surface area contributed by atoms with E-state index in [1.807, 2.05) is 19.1 Å². The van der Waals surface area contributed by atoms with Gasteiger partial charge in [0.05, 0.1) is 11.3 Å². The maximum atomic E-state index is 12.9. The number of aromatic nitrogens is 1. The first-order valence-corrected chi connectivity index (χ1v) is 13.0. The van der Waals surface area contributed by atoms with Crippen LogP contribution in [0.5, 0.6) is 0 Å². The summed E-state index contributed by atoms with van der Waals surface area (Å²) in [5, 5.41) is 18.6. The molecule has 1 aromatic heterocycles. The van der Waals surface area contributed by atoms with E-state index in [2.05, 4.69) is 64.9 Å². The van der Waals surface area contributed by atoms with Gasteiger partial charge < -0.3 is 4.57 Å². The fraction of sp³-hybridized carbons (Fsp3) is 0.286. The molecule has 0 bridgehead atoms. The van der Waals surface area contributed by atoms with Gasteiger partial charge in [-0.1, -0.05) is 62.6 Å². The van der Waals surface area contributed by atoms with Crippen LogP contribution in [0.15, 0.2) is 64.2 Å². The molecule has 0 radical (unpaired) electrons. The van der Waals surface area contributed by atoms with E-state index >= 15 is 0 Å². The molecule has 0 saturated heterocycles. The SMILES string of the molecule is CCCCCCC1=NN2C(=N)C(=Cc3cc(C)n(-c4cccc5ccccc45)c3C)C(=O)N=C2S1. The number of hydrazone groups is 1. The van der Waals surface area contributed by atoms with Crippen LogP contribution in [-0.4, -0.2) is 31.5 Å². The van der Waals surface area contributed by atoms with Gasteiger partial charge in [-0.25, -0.2) is 0 Å². The van der Waals surface area contributed by atoms with E-state index in [-0.39, 0.29) is 17.3 Å². The Kier molecular flexibility index (Phi) is 6.43. The second-order valence-corrected chi connectivity index (χ2v) is 10.0. The molecule has 7 heteroatoms. The Balaban J connectivity index is 1.46. The smallest absolute Gasteiger partial charge is 0.283 e. The molecule has 1 N–H and O–H groups in total. The number of unbranched alkanes of at least 4 members (excludes halogenated alkanes) is 3. The molecular formula is C28H29N5OS. The predicted octanol–water partition coefficient (Wildman–Crippen LogP) is 6.84. The lowest BCUT2D eigenvalue weighted by Gasteiger charge is -2.20.